The molecular weight excluding hydrogens is 556 g/mol. The highest BCUT2D eigenvalue weighted by Crippen LogP contribution is 2.36. The summed E-state index contributed by atoms with van der Waals surface area (Å²) < 4.78 is 18.7. The molecule has 0 saturated carbocycles. The molecule has 0 saturated heterocycles. The molecule has 1 N–H and O–H groups in total. The molecule has 0 radical (unpaired) electrons. The average molecular weight is 597 g/mol. The molecule has 2 aromatic heterocycles. The summed E-state index contributed by atoms with van der Waals surface area (Å²) in [6.07, 6.45) is 1.53. The molecule has 3 aromatic carbocycles. The van der Waals surface area contributed by atoms with E-state index in [1.165, 1.54) is 5.56 Å². The Morgan fingerprint density at radius 1 is 0.955 bits per heavy atom. The van der Waals surface area contributed by atoms with Crippen LogP contribution in [0.1, 0.15) is 55.7 Å². The largest absolute Gasteiger partial charge is 0.497 e. The first-order valence-electron chi connectivity index (χ1n) is 14.8. The zero-order valence-corrected chi connectivity index (χ0v) is 26.2. The van der Waals surface area contributed by atoms with Crippen LogP contribution in [0.5, 0.6) is 17.2 Å². The fourth-order valence-electron chi connectivity index (χ4n) is 5.49. The van der Waals surface area contributed by atoms with Crippen LogP contribution >= 0.6 is 0 Å². The van der Waals surface area contributed by atoms with Crippen molar-refractivity contribution < 1.29 is 14.2 Å². The number of methoxy groups -OCH3 is 3. The Labute approximate surface area is 257 Å². The number of nitrogens with zero attached hydrogens (tertiary/aromatic N) is 5. The summed E-state index contributed by atoms with van der Waals surface area (Å²) in [5, 5.41) is 14.0. The van der Waals surface area contributed by atoms with Crippen molar-refractivity contribution in [2.24, 2.45) is 0 Å². The Balaban J connectivity index is 1.72. The minimum atomic E-state index is -0.592. The van der Waals surface area contributed by atoms with E-state index in [9.17, 15) is 4.79 Å². The van der Waals surface area contributed by atoms with Gasteiger partial charge in [-0.05, 0) is 72.3 Å². The van der Waals surface area contributed by atoms with Gasteiger partial charge in [-0.25, -0.2) is 4.68 Å². The van der Waals surface area contributed by atoms with Crippen molar-refractivity contribution in [1.82, 2.24) is 30.1 Å². The molecular formula is C34H40N6O4. The number of aromatic amines is 1. The van der Waals surface area contributed by atoms with Gasteiger partial charge in [0.1, 0.15) is 11.8 Å². The predicted octanol–water partition coefficient (Wildman–Crippen LogP) is 5.52. The number of benzene rings is 3. The third-order valence-electron chi connectivity index (χ3n) is 8.31. The van der Waals surface area contributed by atoms with Gasteiger partial charge in [0, 0.05) is 30.3 Å². The first-order chi connectivity index (χ1) is 21.3. The third-order valence-corrected chi connectivity index (χ3v) is 8.31. The zero-order chi connectivity index (χ0) is 31.3. The number of tetrazole rings is 1. The van der Waals surface area contributed by atoms with Crippen molar-refractivity contribution in [1.29, 1.82) is 0 Å². The Hall–Kier alpha value is -4.70. The van der Waals surface area contributed by atoms with Gasteiger partial charge in [-0.1, -0.05) is 49.4 Å². The van der Waals surface area contributed by atoms with Gasteiger partial charge in [0.2, 0.25) is 0 Å². The van der Waals surface area contributed by atoms with E-state index in [4.69, 9.17) is 14.2 Å². The normalized spacial score (nSPS) is 12.4. The summed E-state index contributed by atoms with van der Waals surface area (Å²) in [6, 6.07) is 23.2. The van der Waals surface area contributed by atoms with Crippen LogP contribution in [0.2, 0.25) is 0 Å². The second kappa shape index (κ2) is 13.3. The smallest absolute Gasteiger partial charge is 0.253 e. The lowest BCUT2D eigenvalue weighted by molar-refractivity contribution is 0.187. The van der Waals surface area contributed by atoms with E-state index in [0.29, 0.717) is 47.2 Å². The number of pyridine rings is 1. The van der Waals surface area contributed by atoms with E-state index in [0.717, 1.165) is 23.8 Å². The molecule has 5 aromatic rings. The highest BCUT2D eigenvalue weighted by molar-refractivity contribution is 5.80. The first kappa shape index (κ1) is 30.7. The van der Waals surface area contributed by atoms with E-state index < -0.39 is 11.6 Å². The van der Waals surface area contributed by atoms with Crippen molar-refractivity contribution in [3.63, 3.8) is 0 Å². The third kappa shape index (κ3) is 6.30. The van der Waals surface area contributed by atoms with Gasteiger partial charge in [0.25, 0.3) is 5.56 Å². The number of nitrogens with one attached hydrogen (secondary N) is 1. The van der Waals surface area contributed by atoms with Gasteiger partial charge in [-0.2, -0.15) is 0 Å². The average Bonchev–Trinajstić information content (AvgIpc) is 3.54. The van der Waals surface area contributed by atoms with E-state index in [-0.39, 0.29) is 5.56 Å². The van der Waals surface area contributed by atoms with Gasteiger partial charge in [-0.15, -0.1) is 5.10 Å². The number of para-hydroxylation sites is 1. The van der Waals surface area contributed by atoms with Crippen LogP contribution in [0.25, 0.3) is 10.9 Å². The van der Waals surface area contributed by atoms with Crippen LogP contribution < -0.4 is 19.8 Å². The Morgan fingerprint density at radius 3 is 2.45 bits per heavy atom. The minimum Gasteiger partial charge on any atom is -0.497 e. The minimum absolute atomic E-state index is 0.220. The van der Waals surface area contributed by atoms with E-state index in [2.05, 4.69) is 58.3 Å². The van der Waals surface area contributed by atoms with Gasteiger partial charge in [-0.3, -0.25) is 9.69 Å². The van der Waals surface area contributed by atoms with Crippen molar-refractivity contribution >= 4 is 10.9 Å². The summed E-state index contributed by atoms with van der Waals surface area (Å²) >= 11 is 0. The maximum atomic E-state index is 14.0. The van der Waals surface area contributed by atoms with Crippen LogP contribution in [0.4, 0.5) is 0 Å². The predicted molar refractivity (Wildman–Crippen MR) is 170 cm³/mol. The summed E-state index contributed by atoms with van der Waals surface area (Å²) in [4.78, 5) is 19.4. The second-order valence-electron chi connectivity index (χ2n) is 11.4. The number of fused-ring (bicyclic) bond motifs is 1. The fraction of sp³-hybridized carbons (Fsp3) is 0.353. The number of aromatic nitrogens is 5. The van der Waals surface area contributed by atoms with Gasteiger partial charge < -0.3 is 19.2 Å². The molecule has 1 atom stereocenters. The maximum Gasteiger partial charge on any atom is 0.253 e. The molecule has 2 heterocycles. The van der Waals surface area contributed by atoms with Crippen molar-refractivity contribution in [2.75, 3.05) is 27.9 Å². The van der Waals surface area contributed by atoms with Crippen molar-refractivity contribution in [3.8, 4) is 17.2 Å². The molecule has 230 valence electrons. The monoisotopic (exact) mass is 596 g/mol. The molecule has 0 aliphatic heterocycles. The first-order valence-corrected chi connectivity index (χ1v) is 14.8. The molecule has 5 rings (SSSR count). The molecule has 0 unspecified atom stereocenters. The van der Waals surface area contributed by atoms with Crippen LogP contribution in [0.15, 0.2) is 77.6 Å². The Kier molecular flexibility index (Phi) is 9.29. The summed E-state index contributed by atoms with van der Waals surface area (Å²) in [6.45, 7) is 7.34. The van der Waals surface area contributed by atoms with Gasteiger partial charge in [0.05, 0.1) is 32.4 Å². The highest BCUT2D eigenvalue weighted by Gasteiger charge is 2.35. The zero-order valence-electron chi connectivity index (χ0n) is 26.2. The molecule has 0 aliphatic rings. The van der Waals surface area contributed by atoms with Crippen molar-refractivity contribution in [2.45, 2.75) is 51.7 Å². The maximum absolute atomic E-state index is 14.0. The van der Waals surface area contributed by atoms with E-state index in [1.54, 1.807) is 21.3 Å². The molecule has 0 aliphatic carbocycles. The van der Waals surface area contributed by atoms with E-state index in [1.807, 2.05) is 65.3 Å². The van der Waals surface area contributed by atoms with Gasteiger partial charge in [0.15, 0.2) is 17.3 Å². The Bertz CT molecular complexity index is 1770. The lowest BCUT2D eigenvalue weighted by atomic mass is 9.98. The standard InChI is InChI=1S/C34H40N6O4/c1-7-34(2,3)40-32(36-37-38-40)30(27-20-24-16-17-26(42-4)21-28(24)35-33(27)41)39(19-18-23-12-9-8-10-13-23)22-25-14-11-15-29(43-5)31(25)44-6/h8-17,20-21,30H,7,18-19,22H2,1-6H3,(H,35,41)/t30-/m0/s1. The lowest BCUT2D eigenvalue weighted by Crippen LogP contribution is -2.39. The SMILES string of the molecule is CCC(C)(C)n1nnnc1[C@H](c1cc2ccc(OC)cc2[nH]c1=O)N(CCc1ccccc1)Cc1cccc(OC)c1OC. The number of rotatable bonds is 13. The number of hydrogen-bond donors (Lipinski definition) is 1. The van der Waals surface area contributed by atoms with E-state index >= 15 is 0 Å². The van der Waals surface area contributed by atoms with Crippen LogP contribution in [0, 0.1) is 0 Å². The van der Waals surface area contributed by atoms with Crippen LogP contribution in [0.3, 0.4) is 0 Å². The molecule has 0 bridgehead atoms. The summed E-state index contributed by atoms with van der Waals surface area (Å²) in [5.74, 6) is 2.54. The molecule has 0 amide bonds. The fourth-order valence-corrected chi connectivity index (χ4v) is 5.49. The highest BCUT2D eigenvalue weighted by atomic mass is 16.5. The molecule has 10 heteroatoms. The topological polar surface area (TPSA) is 107 Å². The Morgan fingerprint density at radius 2 is 1.75 bits per heavy atom. The van der Waals surface area contributed by atoms with Crippen molar-refractivity contribution in [3.05, 3.63) is 106 Å². The lowest BCUT2D eigenvalue weighted by Gasteiger charge is -2.34. The molecule has 0 spiro atoms. The molecule has 10 nitrogen and oxygen atoms in total. The molecule has 44 heavy (non-hydrogen) atoms. The van der Waals surface area contributed by atoms with Crippen LogP contribution in [-0.4, -0.2) is 58.0 Å². The quantitative estimate of drug-likeness (QED) is 0.189. The number of hydrogen-bond acceptors (Lipinski definition) is 8. The number of H-pyrrole nitrogens is 1. The summed E-state index contributed by atoms with van der Waals surface area (Å²) in [7, 11) is 4.87. The second-order valence-corrected chi connectivity index (χ2v) is 11.4. The molecule has 0 fully saturated rings. The van der Waals surface area contributed by atoms with Crippen LogP contribution in [-0.2, 0) is 18.5 Å². The summed E-state index contributed by atoms with van der Waals surface area (Å²) in [5.41, 5.74) is 2.72. The van der Waals surface area contributed by atoms with Gasteiger partial charge >= 0.3 is 0 Å². The number of ether oxygens (including phenoxy) is 3.